The molecule has 3 aromatic rings. The van der Waals surface area contributed by atoms with E-state index < -0.39 is 16.1 Å². The molecule has 28 heavy (non-hydrogen) atoms. The highest BCUT2D eigenvalue weighted by molar-refractivity contribution is 7.92. The third-order valence-corrected chi connectivity index (χ3v) is 6.21. The smallest absolute Gasteiger partial charge is 0.262 e. The van der Waals surface area contributed by atoms with Crippen LogP contribution in [0, 0.1) is 12.1 Å². The topological polar surface area (TPSA) is 73.7 Å². The van der Waals surface area contributed by atoms with Gasteiger partial charge in [0.05, 0.1) is 4.90 Å². The van der Waals surface area contributed by atoms with Crippen molar-refractivity contribution in [2.24, 2.45) is 0 Å². The average Bonchev–Trinajstić information content (AvgIpc) is 2.69. The van der Waals surface area contributed by atoms with Gasteiger partial charge in [-0.25, -0.2) is 8.42 Å². The van der Waals surface area contributed by atoms with Crippen LogP contribution in [0.5, 0.6) is 0 Å². The van der Waals surface area contributed by atoms with Gasteiger partial charge in [0.1, 0.15) is 11.7 Å². The van der Waals surface area contributed by atoms with Crippen LogP contribution in [0.3, 0.4) is 0 Å². The number of benzene rings is 3. The molecule has 0 aromatic heterocycles. The van der Waals surface area contributed by atoms with Gasteiger partial charge in [0.15, 0.2) is 5.69 Å². The SMILES string of the molecule is Cc1ccc(S(=O)(=O)Nc2cccc3c2[NH+]([O-])C(c2ccccc2)C=C3)cc1. The fourth-order valence-corrected chi connectivity index (χ4v) is 4.43. The lowest BCUT2D eigenvalue weighted by Gasteiger charge is -2.34. The summed E-state index contributed by atoms with van der Waals surface area (Å²) < 4.78 is 28.2. The van der Waals surface area contributed by atoms with Crippen LogP contribution in [-0.4, -0.2) is 8.42 Å². The summed E-state index contributed by atoms with van der Waals surface area (Å²) >= 11 is 0. The van der Waals surface area contributed by atoms with Crippen molar-refractivity contribution in [1.82, 2.24) is 0 Å². The van der Waals surface area contributed by atoms with Crippen molar-refractivity contribution >= 4 is 27.5 Å². The highest BCUT2D eigenvalue weighted by Gasteiger charge is 2.28. The average molecular weight is 392 g/mol. The van der Waals surface area contributed by atoms with E-state index in [1.807, 2.05) is 55.5 Å². The van der Waals surface area contributed by atoms with Crippen LogP contribution in [-0.2, 0) is 10.0 Å². The predicted octanol–water partition coefficient (Wildman–Crippen LogP) is 3.58. The van der Waals surface area contributed by atoms with Crippen LogP contribution in [0.2, 0.25) is 0 Å². The molecule has 5 nitrogen and oxygen atoms in total. The highest BCUT2D eigenvalue weighted by Crippen LogP contribution is 2.31. The second kappa shape index (κ2) is 7.24. The number of fused-ring (bicyclic) bond motifs is 1. The van der Waals surface area contributed by atoms with Gasteiger partial charge < -0.3 is 10.3 Å². The van der Waals surface area contributed by atoms with Crippen LogP contribution in [0.4, 0.5) is 11.4 Å². The van der Waals surface area contributed by atoms with Crippen LogP contribution < -0.4 is 9.79 Å². The second-order valence-electron chi connectivity index (χ2n) is 6.80. The van der Waals surface area contributed by atoms with Crippen molar-refractivity contribution < 1.29 is 13.5 Å². The molecule has 2 atom stereocenters. The lowest BCUT2D eigenvalue weighted by Crippen LogP contribution is -3.03. The molecule has 4 rings (SSSR count). The number of rotatable bonds is 4. The van der Waals surface area contributed by atoms with E-state index in [1.54, 1.807) is 36.4 Å². The van der Waals surface area contributed by atoms with Gasteiger partial charge in [-0.2, -0.15) is 0 Å². The molecule has 1 heterocycles. The largest absolute Gasteiger partial charge is 0.628 e. The summed E-state index contributed by atoms with van der Waals surface area (Å²) in [5.41, 5.74) is 3.26. The van der Waals surface area contributed by atoms with E-state index in [0.29, 0.717) is 16.9 Å². The zero-order chi connectivity index (χ0) is 19.7. The maximum Gasteiger partial charge on any atom is 0.262 e. The molecule has 0 radical (unpaired) electrons. The summed E-state index contributed by atoms with van der Waals surface area (Å²) in [6.45, 7) is 1.89. The lowest BCUT2D eigenvalue weighted by atomic mass is 9.99. The van der Waals surface area contributed by atoms with Crippen molar-refractivity contribution in [3.05, 3.63) is 101 Å². The number of sulfonamides is 1. The molecular formula is C22H20N2O3S. The second-order valence-corrected chi connectivity index (χ2v) is 8.48. The molecule has 0 fully saturated rings. The minimum atomic E-state index is -3.80. The molecule has 3 aromatic carbocycles. The number of hydrogen-bond donors (Lipinski definition) is 2. The zero-order valence-corrected chi connectivity index (χ0v) is 16.1. The first kappa shape index (κ1) is 18.4. The molecule has 0 bridgehead atoms. The zero-order valence-electron chi connectivity index (χ0n) is 15.3. The Morgan fingerprint density at radius 1 is 0.929 bits per heavy atom. The van der Waals surface area contributed by atoms with E-state index in [2.05, 4.69) is 4.72 Å². The van der Waals surface area contributed by atoms with E-state index in [1.165, 1.54) is 0 Å². The molecule has 0 saturated carbocycles. The Kier molecular flexibility index (Phi) is 4.77. The first-order valence-electron chi connectivity index (χ1n) is 8.95. The fraction of sp³-hybridized carbons (Fsp3) is 0.0909. The molecule has 0 spiro atoms. The van der Waals surface area contributed by atoms with Gasteiger partial charge in [-0.15, -0.1) is 0 Å². The molecule has 1 aliphatic heterocycles. The first-order chi connectivity index (χ1) is 13.5. The Balaban J connectivity index is 1.72. The Labute approximate surface area is 164 Å². The van der Waals surface area contributed by atoms with Crippen LogP contribution >= 0.6 is 0 Å². The molecule has 0 saturated heterocycles. The number of hydrogen-bond acceptors (Lipinski definition) is 3. The number of quaternary nitrogens is 1. The van der Waals surface area contributed by atoms with Crippen molar-refractivity contribution in [1.29, 1.82) is 0 Å². The summed E-state index contributed by atoms with van der Waals surface area (Å²) in [7, 11) is -3.80. The number of anilines is 1. The van der Waals surface area contributed by atoms with E-state index >= 15 is 0 Å². The molecule has 1 aliphatic rings. The van der Waals surface area contributed by atoms with Crippen LogP contribution in [0.25, 0.3) is 6.08 Å². The van der Waals surface area contributed by atoms with E-state index in [9.17, 15) is 13.6 Å². The molecule has 2 unspecified atom stereocenters. The van der Waals surface area contributed by atoms with Crippen LogP contribution in [0.15, 0.2) is 83.8 Å². The molecular weight excluding hydrogens is 372 g/mol. The van der Waals surface area contributed by atoms with Crippen molar-refractivity contribution in [3.8, 4) is 0 Å². The Morgan fingerprint density at radius 2 is 1.64 bits per heavy atom. The summed E-state index contributed by atoms with van der Waals surface area (Å²) in [5.74, 6) is 0. The van der Waals surface area contributed by atoms with Crippen LogP contribution in [0.1, 0.15) is 22.7 Å². The van der Waals surface area contributed by atoms with E-state index in [0.717, 1.165) is 11.1 Å². The molecule has 142 valence electrons. The Bertz CT molecular complexity index is 1120. The number of hydroxylamine groups is 1. The van der Waals surface area contributed by atoms with Gasteiger partial charge in [0.2, 0.25) is 0 Å². The summed E-state index contributed by atoms with van der Waals surface area (Å²) in [5, 5.41) is 13.1. The minimum absolute atomic E-state index is 0.120. The van der Waals surface area contributed by atoms with Crippen molar-refractivity contribution in [2.45, 2.75) is 17.9 Å². The number of aryl methyl sites for hydroxylation is 1. The van der Waals surface area contributed by atoms with E-state index in [4.69, 9.17) is 0 Å². The number of para-hydroxylation sites is 1. The third-order valence-electron chi connectivity index (χ3n) is 4.83. The number of nitrogens with one attached hydrogen (secondary N) is 2. The van der Waals surface area contributed by atoms with Gasteiger partial charge in [-0.1, -0.05) is 54.1 Å². The Morgan fingerprint density at radius 3 is 2.36 bits per heavy atom. The normalized spacial score (nSPS) is 18.5. The predicted molar refractivity (Wildman–Crippen MR) is 111 cm³/mol. The quantitative estimate of drug-likeness (QED) is 0.667. The van der Waals surface area contributed by atoms with Gasteiger partial charge >= 0.3 is 0 Å². The van der Waals surface area contributed by atoms with E-state index in [-0.39, 0.29) is 9.96 Å². The van der Waals surface area contributed by atoms with Gasteiger partial charge in [-0.3, -0.25) is 4.72 Å². The first-order valence-corrected chi connectivity index (χ1v) is 10.4. The maximum absolute atomic E-state index is 13.2. The molecule has 2 N–H and O–H groups in total. The molecule has 6 heteroatoms. The third kappa shape index (κ3) is 3.45. The minimum Gasteiger partial charge on any atom is -0.628 e. The van der Waals surface area contributed by atoms with Crippen molar-refractivity contribution in [2.75, 3.05) is 4.72 Å². The summed E-state index contributed by atoms with van der Waals surface area (Å²) in [6, 6.07) is 20.8. The maximum atomic E-state index is 13.2. The highest BCUT2D eigenvalue weighted by atomic mass is 32.2. The standard InChI is InChI=1S/C22H20N2O3S/c1-16-10-13-19(14-11-16)28(26,27)23-20-9-5-8-18-12-15-21(24(25)22(18)20)17-6-3-2-4-7-17/h2-15,21,23-24H,1H3. The monoisotopic (exact) mass is 392 g/mol. The summed E-state index contributed by atoms with van der Waals surface area (Å²) in [6.07, 6.45) is 3.73. The fourth-order valence-electron chi connectivity index (χ4n) is 3.36. The lowest BCUT2D eigenvalue weighted by molar-refractivity contribution is -0.805. The van der Waals surface area contributed by atoms with Gasteiger partial charge in [0.25, 0.3) is 10.0 Å². The summed E-state index contributed by atoms with van der Waals surface area (Å²) in [4.78, 5) is 0.161. The van der Waals surface area contributed by atoms with Crippen molar-refractivity contribution in [3.63, 3.8) is 0 Å². The molecule has 0 aliphatic carbocycles. The van der Waals surface area contributed by atoms with Gasteiger partial charge in [-0.05, 0) is 43.3 Å². The Hall–Kier alpha value is -2.93. The molecule has 0 amide bonds. The van der Waals surface area contributed by atoms with Gasteiger partial charge in [0, 0.05) is 11.1 Å².